The molecule has 1 unspecified atom stereocenters. The van der Waals surface area contributed by atoms with E-state index in [0.29, 0.717) is 17.9 Å². The van der Waals surface area contributed by atoms with Gasteiger partial charge in [0.05, 0.1) is 24.4 Å². The smallest absolute Gasteiger partial charge is 0.416 e. The van der Waals surface area contributed by atoms with Gasteiger partial charge in [-0.25, -0.2) is 5.01 Å². The number of carbonyl (C=O) groups excluding carboxylic acids is 2. The maximum absolute atomic E-state index is 13.3. The lowest BCUT2D eigenvalue weighted by molar-refractivity contribution is -0.137. The molecule has 9 heteroatoms. The minimum absolute atomic E-state index is 0.0555. The number of hydrazone groups is 1. The van der Waals surface area contributed by atoms with E-state index >= 15 is 0 Å². The predicted octanol–water partition coefficient (Wildman–Crippen LogP) is 5.16. The number of nitrogens with zero attached hydrogens (tertiary/aromatic N) is 3. The van der Waals surface area contributed by atoms with Crippen molar-refractivity contribution in [2.45, 2.75) is 18.6 Å². The normalized spacial score (nSPS) is 15.4. The number of hydrogen-bond acceptors (Lipinski definition) is 4. The van der Waals surface area contributed by atoms with Crippen LogP contribution in [0, 0.1) is 0 Å². The third-order valence-electron chi connectivity index (χ3n) is 5.93. The van der Waals surface area contributed by atoms with E-state index in [9.17, 15) is 22.8 Å². The van der Waals surface area contributed by atoms with Crippen LogP contribution in [-0.2, 0) is 11.0 Å². The van der Waals surface area contributed by atoms with E-state index in [2.05, 4.69) is 5.10 Å². The molecular weight excluding hydrogens is 471 g/mol. The van der Waals surface area contributed by atoms with Crippen molar-refractivity contribution in [3.05, 3.63) is 101 Å². The molecule has 1 atom stereocenters. The van der Waals surface area contributed by atoms with Crippen LogP contribution in [0.25, 0.3) is 0 Å². The lowest BCUT2D eigenvalue weighted by Gasteiger charge is -2.25. The molecular formula is C27H24F3N3O3. The van der Waals surface area contributed by atoms with Crippen LogP contribution >= 0.6 is 0 Å². The number of carbonyl (C=O) groups is 2. The first-order chi connectivity index (χ1) is 17.2. The zero-order chi connectivity index (χ0) is 25.9. The highest BCUT2D eigenvalue weighted by Gasteiger charge is 2.34. The van der Waals surface area contributed by atoms with Crippen molar-refractivity contribution in [2.24, 2.45) is 5.10 Å². The predicted molar refractivity (Wildman–Crippen MR) is 129 cm³/mol. The Labute approximate surface area is 206 Å². The second-order valence-corrected chi connectivity index (χ2v) is 8.38. The van der Waals surface area contributed by atoms with Crippen LogP contribution in [0.15, 0.2) is 84.0 Å². The third-order valence-corrected chi connectivity index (χ3v) is 5.93. The Morgan fingerprint density at radius 1 is 1.03 bits per heavy atom. The maximum Gasteiger partial charge on any atom is 0.416 e. The summed E-state index contributed by atoms with van der Waals surface area (Å²) in [6.07, 6.45) is -4.02. The van der Waals surface area contributed by atoms with Gasteiger partial charge in [-0.3, -0.25) is 9.59 Å². The van der Waals surface area contributed by atoms with Gasteiger partial charge in [-0.2, -0.15) is 18.3 Å². The molecule has 0 saturated carbocycles. The summed E-state index contributed by atoms with van der Waals surface area (Å²) in [5.74, 6) is -0.313. The Bertz CT molecular complexity index is 1270. The van der Waals surface area contributed by atoms with E-state index in [4.69, 9.17) is 4.74 Å². The first-order valence-electron chi connectivity index (χ1n) is 11.2. The van der Waals surface area contributed by atoms with Gasteiger partial charge in [0.2, 0.25) is 0 Å². The number of ether oxygens (including phenoxy) is 1. The fraction of sp³-hybridized carbons (Fsp3) is 0.222. The van der Waals surface area contributed by atoms with Crippen molar-refractivity contribution in [3.8, 4) is 5.75 Å². The average Bonchev–Trinajstić information content (AvgIpc) is 3.34. The van der Waals surface area contributed by atoms with Crippen LogP contribution in [0.5, 0.6) is 5.75 Å². The lowest BCUT2D eigenvalue weighted by Crippen LogP contribution is -2.39. The van der Waals surface area contributed by atoms with E-state index in [0.717, 1.165) is 35.4 Å². The molecule has 4 rings (SSSR count). The van der Waals surface area contributed by atoms with Crippen molar-refractivity contribution >= 4 is 17.5 Å². The van der Waals surface area contributed by atoms with Crippen LogP contribution in [0.4, 0.5) is 13.2 Å². The van der Waals surface area contributed by atoms with Crippen molar-refractivity contribution in [2.75, 3.05) is 20.7 Å². The van der Waals surface area contributed by atoms with Gasteiger partial charge in [-0.15, -0.1) is 0 Å². The van der Waals surface area contributed by atoms with Crippen molar-refractivity contribution < 1.29 is 27.5 Å². The Hall–Kier alpha value is -4.14. The molecule has 1 aliphatic rings. The van der Waals surface area contributed by atoms with Crippen LogP contribution in [0.1, 0.15) is 39.5 Å². The minimum atomic E-state index is -4.50. The van der Waals surface area contributed by atoms with E-state index in [1.54, 1.807) is 7.11 Å². The van der Waals surface area contributed by atoms with Gasteiger partial charge in [0, 0.05) is 24.6 Å². The average molecular weight is 496 g/mol. The summed E-state index contributed by atoms with van der Waals surface area (Å²) < 4.78 is 43.8. The molecule has 0 radical (unpaired) electrons. The Morgan fingerprint density at radius 2 is 1.72 bits per heavy atom. The quantitative estimate of drug-likeness (QED) is 0.475. The number of halogens is 3. The zero-order valence-electron chi connectivity index (χ0n) is 19.7. The van der Waals surface area contributed by atoms with Gasteiger partial charge in [0.25, 0.3) is 11.8 Å². The summed E-state index contributed by atoms with van der Waals surface area (Å²) >= 11 is 0. The van der Waals surface area contributed by atoms with Crippen molar-refractivity contribution in [1.82, 2.24) is 9.91 Å². The van der Waals surface area contributed by atoms with Gasteiger partial charge < -0.3 is 9.64 Å². The summed E-state index contributed by atoms with van der Waals surface area (Å²) in [4.78, 5) is 27.3. The van der Waals surface area contributed by atoms with Gasteiger partial charge >= 0.3 is 6.18 Å². The first kappa shape index (κ1) is 25.0. The second-order valence-electron chi connectivity index (χ2n) is 8.38. The summed E-state index contributed by atoms with van der Waals surface area (Å²) in [6, 6.07) is 20.4. The largest absolute Gasteiger partial charge is 0.497 e. The molecule has 1 aliphatic heterocycles. The highest BCUT2D eigenvalue weighted by Crippen LogP contribution is 2.33. The fourth-order valence-corrected chi connectivity index (χ4v) is 4.02. The highest BCUT2D eigenvalue weighted by atomic mass is 19.4. The molecule has 0 bridgehead atoms. The molecule has 1 heterocycles. The molecule has 0 fully saturated rings. The Kier molecular flexibility index (Phi) is 7.10. The van der Waals surface area contributed by atoms with E-state index in [1.165, 1.54) is 17.0 Å². The number of methoxy groups -OCH3 is 1. The highest BCUT2D eigenvalue weighted by molar-refractivity contribution is 6.04. The van der Waals surface area contributed by atoms with E-state index < -0.39 is 23.6 Å². The van der Waals surface area contributed by atoms with Crippen LogP contribution in [0.3, 0.4) is 0 Å². The third kappa shape index (κ3) is 5.40. The van der Waals surface area contributed by atoms with Crippen LogP contribution in [-0.4, -0.2) is 48.1 Å². The monoisotopic (exact) mass is 495 g/mol. The van der Waals surface area contributed by atoms with E-state index in [-0.39, 0.29) is 18.2 Å². The number of likely N-dealkylation sites (N-methyl/N-ethyl adjacent to an activating group) is 1. The molecule has 36 heavy (non-hydrogen) atoms. The molecule has 3 aromatic carbocycles. The summed E-state index contributed by atoms with van der Waals surface area (Å²) in [6.45, 7) is -0.294. The minimum Gasteiger partial charge on any atom is -0.497 e. The molecule has 3 aromatic rings. The van der Waals surface area contributed by atoms with Gasteiger partial charge in [0.1, 0.15) is 12.3 Å². The molecule has 0 aromatic heterocycles. The topological polar surface area (TPSA) is 62.2 Å². The first-order valence-corrected chi connectivity index (χ1v) is 11.2. The second kappa shape index (κ2) is 10.2. The lowest BCUT2D eigenvalue weighted by atomic mass is 9.98. The van der Waals surface area contributed by atoms with Crippen LogP contribution in [0.2, 0.25) is 0 Å². The molecule has 0 saturated heterocycles. The molecule has 2 amide bonds. The van der Waals surface area contributed by atoms with Crippen molar-refractivity contribution in [3.63, 3.8) is 0 Å². The van der Waals surface area contributed by atoms with E-state index in [1.807, 2.05) is 54.6 Å². The molecule has 186 valence electrons. The number of amides is 2. The molecule has 0 aliphatic carbocycles. The van der Waals surface area contributed by atoms with Crippen molar-refractivity contribution in [1.29, 1.82) is 0 Å². The number of alkyl halides is 3. The van der Waals surface area contributed by atoms with Gasteiger partial charge in [-0.1, -0.05) is 42.5 Å². The van der Waals surface area contributed by atoms with Gasteiger partial charge in [0.15, 0.2) is 0 Å². The maximum atomic E-state index is 13.3. The Balaban J connectivity index is 1.55. The summed E-state index contributed by atoms with van der Waals surface area (Å²) in [5, 5.41) is 5.97. The zero-order valence-corrected chi connectivity index (χ0v) is 19.7. The standard InChI is InChI=1S/C27H24F3N3O3/c1-32(26(35)19-11-13-21(14-12-19)27(28,29)30)17-25(34)33-24(18-7-4-3-5-8-18)16-23(31-33)20-9-6-10-22(15-20)36-2/h3-15,24H,16-17H2,1-2H3. The number of rotatable bonds is 6. The Morgan fingerprint density at radius 3 is 2.36 bits per heavy atom. The molecule has 6 nitrogen and oxygen atoms in total. The molecule has 0 N–H and O–H groups in total. The fourth-order valence-electron chi connectivity index (χ4n) is 4.02. The van der Waals surface area contributed by atoms with Gasteiger partial charge in [-0.05, 0) is 42.0 Å². The summed E-state index contributed by atoms with van der Waals surface area (Å²) in [5.41, 5.74) is 1.62. The van der Waals surface area contributed by atoms with Crippen LogP contribution < -0.4 is 4.74 Å². The molecule has 0 spiro atoms. The SMILES string of the molecule is COc1cccc(C2=NN(C(=O)CN(C)C(=O)c3ccc(C(F)(F)F)cc3)C(c3ccccc3)C2)c1. The summed E-state index contributed by atoms with van der Waals surface area (Å²) in [7, 11) is 3.00. The number of hydrogen-bond donors (Lipinski definition) is 0. The number of benzene rings is 3.